The van der Waals surface area contributed by atoms with E-state index in [1.165, 1.54) is 0 Å². The lowest BCUT2D eigenvalue weighted by Crippen LogP contribution is -2.31. The number of methoxy groups -OCH3 is 2. The summed E-state index contributed by atoms with van der Waals surface area (Å²) in [4.78, 5) is 12.3. The van der Waals surface area contributed by atoms with E-state index in [9.17, 15) is 4.79 Å². The molecule has 0 spiro atoms. The van der Waals surface area contributed by atoms with Gasteiger partial charge in [0.15, 0.2) is 0 Å². The second-order valence-corrected chi connectivity index (χ2v) is 6.30. The molecule has 0 aliphatic carbocycles. The lowest BCUT2D eigenvalue weighted by atomic mass is 10.1. The highest BCUT2D eigenvalue weighted by atomic mass is 79.9. The highest BCUT2D eigenvalue weighted by Gasteiger charge is 2.15. The van der Waals surface area contributed by atoms with Crippen molar-refractivity contribution in [1.82, 2.24) is 5.32 Å². The van der Waals surface area contributed by atoms with Gasteiger partial charge in [0.2, 0.25) is 0 Å². The molecule has 2 amide bonds. The number of rotatable bonds is 5. The van der Waals surface area contributed by atoms with Gasteiger partial charge >= 0.3 is 6.03 Å². The van der Waals surface area contributed by atoms with Crippen LogP contribution < -0.4 is 20.1 Å². The molecule has 24 heavy (non-hydrogen) atoms. The normalized spacial score (nSPS) is 11.5. The van der Waals surface area contributed by atoms with Crippen molar-refractivity contribution in [2.75, 3.05) is 19.5 Å². The van der Waals surface area contributed by atoms with Crippen molar-refractivity contribution in [3.63, 3.8) is 0 Å². The summed E-state index contributed by atoms with van der Waals surface area (Å²) in [5.41, 5.74) is 2.59. The van der Waals surface area contributed by atoms with Crippen LogP contribution in [0.1, 0.15) is 24.1 Å². The predicted molar refractivity (Wildman–Crippen MR) is 99.0 cm³/mol. The average molecular weight is 393 g/mol. The highest BCUT2D eigenvalue weighted by molar-refractivity contribution is 9.10. The number of amides is 2. The molecule has 0 fully saturated rings. The maximum absolute atomic E-state index is 12.3. The second kappa shape index (κ2) is 8.06. The Kier molecular flexibility index (Phi) is 6.09. The number of carbonyl (C=O) groups is 1. The van der Waals surface area contributed by atoms with Gasteiger partial charge in [-0.15, -0.1) is 0 Å². The number of ether oxygens (including phenoxy) is 2. The van der Waals surface area contributed by atoms with E-state index in [4.69, 9.17) is 9.47 Å². The van der Waals surface area contributed by atoms with Crippen molar-refractivity contribution in [2.24, 2.45) is 0 Å². The maximum atomic E-state index is 12.3. The molecule has 1 unspecified atom stereocenters. The molecule has 2 aromatic carbocycles. The summed E-state index contributed by atoms with van der Waals surface area (Å²) >= 11 is 3.41. The van der Waals surface area contributed by atoms with Crippen LogP contribution in [0.2, 0.25) is 0 Å². The van der Waals surface area contributed by atoms with Crippen LogP contribution in [0.3, 0.4) is 0 Å². The average Bonchev–Trinajstić information content (AvgIpc) is 2.57. The Balaban J connectivity index is 2.12. The van der Waals surface area contributed by atoms with Gasteiger partial charge < -0.3 is 20.1 Å². The van der Waals surface area contributed by atoms with Crippen LogP contribution in [0, 0.1) is 6.92 Å². The van der Waals surface area contributed by atoms with E-state index in [0.717, 1.165) is 21.3 Å². The second-order valence-electron chi connectivity index (χ2n) is 5.39. The fourth-order valence-electron chi connectivity index (χ4n) is 2.34. The number of halogens is 1. The molecule has 0 bridgehead atoms. The van der Waals surface area contributed by atoms with Crippen LogP contribution in [-0.4, -0.2) is 20.3 Å². The first-order chi connectivity index (χ1) is 11.4. The van der Waals surface area contributed by atoms with Gasteiger partial charge in [-0.1, -0.05) is 22.0 Å². The molecule has 0 saturated carbocycles. The molecule has 2 N–H and O–H groups in total. The Morgan fingerprint density at radius 2 is 1.88 bits per heavy atom. The lowest BCUT2D eigenvalue weighted by Gasteiger charge is -2.19. The first-order valence-corrected chi connectivity index (χ1v) is 8.29. The third-order valence-electron chi connectivity index (χ3n) is 3.70. The van der Waals surface area contributed by atoms with E-state index in [2.05, 4.69) is 26.6 Å². The predicted octanol–water partition coefficient (Wildman–Crippen LogP) is 4.66. The van der Waals surface area contributed by atoms with Gasteiger partial charge in [0, 0.05) is 15.7 Å². The molecule has 128 valence electrons. The van der Waals surface area contributed by atoms with E-state index in [-0.39, 0.29) is 12.1 Å². The molecular weight excluding hydrogens is 372 g/mol. The summed E-state index contributed by atoms with van der Waals surface area (Å²) < 4.78 is 11.5. The summed E-state index contributed by atoms with van der Waals surface area (Å²) in [5.74, 6) is 1.41. The van der Waals surface area contributed by atoms with Gasteiger partial charge in [0.25, 0.3) is 0 Å². The fourth-order valence-corrected chi connectivity index (χ4v) is 2.70. The van der Waals surface area contributed by atoms with Crippen LogP contribution in [-0.2, 0) is 0 Å². The van der Waals surface area contributed by atoms with E-state index >= 15 is 0 Å². The number of nitrogens with one attached hydrogen (secondary N) is 2. The van der Waals surface area contributed by atoms with Crippen LogP contribution >= 0.6 is 15.9 Å². The van der Waals surface area contributed by atoms with Crippen LogP contribution in [0.15, 0.2) is 40.9 Å². The number of benzene rings is 2. The third kappa shape index (κ3) is 4.41. The zero-order valence-electron chi connectivity index (χ0n) is 14.1. The van der Waals surface area contributed by atoms with Crippen LogP contribution in [0.5, 0.6) is 11.5 Å². The fraction of sp³-hybridized carbons (Fsp3) is 0.278. The number of urea groups is 1. The van der Waals surface area contributed by atoms with Crippen molar-refractivity contribution >= 4 is 27.6 Å². The topological polar surface area (TPSA) is 59.6 Å². The SMILES string of the molecule is COc1ccc(OC)c(C(C)NC(=O)Nc2cc(Br)ccc2C)c1. The molecule has 0 aromatic heterocycles. The molecular formula is C18H21BrN2O3. The molecule has 2 aromatic rings. The summed E-state index contributed by atoms with van der Waals surface area (Å²) in [6.45, 7) is 3.83. The monoisotopic (exact) mass is 392 g/mol. The highest BCUT2D eigenvalue weighted by Crippen LogP contribution is 2.29. The molecule has 0 aliphatic heterocycles. The van der Waals surface area contributed by atoms with Crippen LogP contribution in [0.25, 0.3) is 0 Å². The molecule has 0 saturated heterocycles. The molecule has 0 heterocycles. The summed E-state index contributed by atoms with van der Waals surface area (Å²) in [6, 6.07) is 10.7. The van der Waals surface area contributed by atoms with E-state index in [1.807, 2.05) is 50.2 Å². The zero-order valence-corrected chi connectivity index (χ0v) is 15.7. The number of anilines is 1. The van der Waals surface area contributed by atoms with Gasteiger partial charge in [-0.2, -0.15) is 0 Å². The minimum absolute atomic E-state index is 0.248. The quantitative estimate of drug-likeness (QED) is 0.777. The number of hydrogen-bond acceptors (Lipinski definition) is 3. The van der Waals surface area contributed by atoms with Gasteiger partial charge in [0.05, 0.1) is 20.3 Å². The molecule has 0 aliphatic rings. The maximum Gasteiger partial charge on any atom is 0.319 e. The Bertz CT molecular complexity index is 734. The minimum atomic E-state index is -0.284. The van der Waals surface area contributed by atoms with Gasteiger partial charge in [-0.05, 0) is 49.7 Å². The zero-order chi connectivity index (χ0) is 17.7. The molecule has 5 nitrogen and oxygen atoms in total. The van der Waals surface area contributed by atoms with Gasteiger partial charge in [-0.25, -0.2) is 4.79 Å². The van der Waals surface area contributed by atoms with Crippen LogP contribution in [0.4, 0.5) is 10.5 Å². The summed E-state index contributed by atoms with van der Waals surface area (Å²) in [7, 11) is 3.20. The summed E-state index contributed by atoms with van der Waals surface area (Å²) in [5, 5.41) is 5.78. The van der Waals surface area contributed by atoms with Crippen molar-refractivity contribution in [3.05, 3.63) is 52.0 Å². The molecule has 0 radical (unpaired) electrons. The third-order valence-corrected chi connectivity index (χ3v) is 4.19. The van der Waals surface area contributed by atoms with Gasteiger partial charge in [-0.3, -0.25) is 0 Å². The Morgan fingerprint density at radius 3 is 2.54 bits per heavy atom. The largest absolute Gasteiger partial charge is 0.497 e. The number of carbonyl (C=O) groups excluding carboxylic acids is 1. The first-order valence-electron chi connectivity index (χ1n) is 7.50. The molecule has 2 rings (SSSR count). The van der Waals surface area contributed by atoms with Crippen molar-refractivity contribution in [3.8, 4) is 11.5 Å². The molecule has 1 atom stereocenters. The van der Waals surface area contributed by atoms with E-state index in [1.54, 1.807) is 14.2 Å². The number of aryl methyl sites for hydroxylation is 1. The summed E-state index contributed by atoms with van der Waals surface area (Å²) in [6.07, 6.45) is 0. The van der Waals surface area contributed by atoms with E-state index < -0.39 is 0 Å². The van der Waals surface area contributed by atoms with Crippen molar-refractivity contribution in [2.45, 2.75) is 19.9 Å². The van der Waals surface area contributed by atoms with Crippen molar-refractivity contribution < 1.29 is 14.3 Å². The first kappa shape index (κ1) is 18.1. The molecule has 6 heteroatoms. The van der Waals surface area contributed by atoms with Crippen molar-refractivity contribution in [1.29, 1.82) is 0 Å². The lowest BCUT2D eigenvalue weighted by molar-refractivity contribution is 0.249. The van der Waals surface area contributed by atoms with Gasteiger partial charge in [0.1, 0.15) is 11.5 Å². The Hall–Kier alpha value is -2.21. The Labute approximate surface area is 150 Å². The van der Waals surface area contributed by atoms with E-state index in [0.29, 0.717) is 11.5 Å². The standard InChI is InChI=1S/C18H21BrN2O3/c1-11-5-6-13(19)9-16(11)21-18(22)20-12(2)15-10-14(23-3)7-8-17(15)24-4/h5-10,12H,1-4H3,(H2,20,21,22). The minimum Gasteiger partial charge on any atom is -0.497 e. The Morgan fingerprint density at radius 1 is 1.12 bits per heavy atom. The smallest absolute Gasteiger partial charge is 0.319 e. The number of hydrogen-bond donors (Lipinski definition) is 2.